The Balaban J connectivity index is 1.67. The number of nitrogens with one attached hydrogen (secondary N) is 1. The Hall–Kier alpha value is -3.65. The van der Waals surface area contributed by atoms with Crippen LogP contribution in [-0.4, -0.2) is 40.3 Å². The summed E-state index contributed by atoms with van der Waals surface area (Å²) in [6.07, 6.45) is 5.02. The number of hydrogen-bond acceptors (Lipinski definition) is 7. The van der Waals surface area contributed by atoms with Gasteiger partial charge in [-0.1, -0.05) is 36.4 Å². The molecule has 1 aliphatic carbocycles. The van der Waals surface area contributed by atoms with Crippen molar-refractivity contribution >= 4 is 17.8 Å². The number of H-pyrrole nitrogens is 1. The van der Waals surface area contributed by atoms with Gasteiger partial charge in [-0.2, -0.15) is 9.47 Å². The first-order valence-electron chi connectivity index (χ1n) is 10.1. The fourth-order valence-electron chi connectivity index (χ4n) is 4.27. The van der Waals surface area contributed by atoms with E-state index in [0.29, 0.717) is 18.0 Å². The summed E-state index contributed by atoms with van der Waals surface area (Å²) in [6.45, 7) is 0. The van der Waals surface area contributed by atoms with E-state index in [9.17, 15) is 0 Å². The molecule has 2 aromatic heterocycles. The van der Waals surface area contributed by atoms with Crippen molar-refractivity contribution < 1.29 is 14.2 Å². The van der Waals surface area contributed by atoms with Crippen molar-refractivity contribution in [2.75, 3.05) is 21.3 Å². The second-order valence-corrected chi connectivity index (χ2v) is 8.06. The molecule has 2 aromatic carbocycles. The largest absolute Gasteiger partial charge is 0.497 e. The first-order valence-corrected chi connectivity index (χ1v) is 10.8. The number of nitrogens with zero attached hydrogens (tertiary/aromatic N) is 3. The van der Waals surface area contributed by atoms with Gasteiger partial charge in [-0.05, 0) is 35.4 Å². The Morgan fingerprint density at radius 1 is 0.875 bits per heavy atom. The molecule has 1 N–H and O–H groups in total. The third kappa shape index (κ3) is 3.23. The second-order valence-electron chi connectivity index (χ2n) is 7.53. The fraction of sp³-hybridized carbons (Fsp3) is 0.208. The molecule has 7 nitrogen and oxygen atoms in total. The maximum atomic E-state index is 5.52. The standard InChI is InChI=1S/C24H22N4O3S/c1-29-17-8-4-6-15(12-17)24(16-7-5-9-18(13-16)30-2)11-10-19-20(14-24)25-26-21(19)22-23(31-3)28-32-27-22/h4-13H,14H2,1-3H3,(H,25,26). The third-order valence-corrected chi connectivity index (χ3v) is 6.43. The zero-order valence-electron chi connectivity index (χ0n) is 18.0. The zero-order valence-corrected chi connectivity index (χ0v) is 18.8. The molecule has 0 aliphatic heterocycles. The van der Waals surface area contributed by atoms with Crippen LogP contribution in [0, 0.1) is 0 Å². The van der Waals surface area contributed by atoms with Gasteiger partial charge in [0.25, 0.3) is 5.88 Å². The number of hydrogen-bond donors (Lipinski definition) is 1. The number of rotatable bonds is 6. The molecular weight excluding hydrogens is 424 g/mol. The molecule has 32 heavy (non-hydrogen) atoms. The van der Waals surface area contributed by atoms with Crippen LogP contribution in [0.4, 0.5) is 0 Å². The number of aromatic amines is 1. The van der Waals surface area contributed by atoms with Crippen molar-refractivity contribution in [1.29, 1.82) is 0 Å². The second kappa shape index (κ2) is 8.12. The number of methoxy groups -OCH3 is 3. The molecule has 0 bridgehead atoms. The van der Waals surface area contributed by atoms with Gasteiger partial charge in [0.2, 0.25) is 0 Å². The lowest BCUT2D eigenvalue weighted by molar-refractivity contribution is 0.403. The van der Waals surface area contributed by atoms with Gasteiger partial charge in [0.1, 0.15) is 17.2 Å². The van der Waals surface area contributed by atoms with Crippen molar-refractivity contribution in [2.24, 2.45) is 0 Å². The van der Waals surface area contributed by atoms with Gasteiger partial charge in [0.05, 0.1) is 33.1 Å². The van der Waals surface area contributed by atoms with Crippen LogP contribution in [0.2, 0.25) is 0 Å². The number of aromatic nitrogens is 4. The lowest BCUT2D eigenvalue weighted by Gasteiger charge is -2.35. The van der Waals surface area contributed by atoms with Gasteiger partial charge in [-0.15, -0.1) is 4.37 Å². The van der Waals surface area contributed by atoms with Gasteiger partial charge in [-0.25, -0.2) is 0 Å². The molecule has 0 unspecified atom stereocenters. The predicted molar refractivity (Wildman–Crippen MR) is 124 cm³/mol. The van der Waals surface area contributed by atoms with E-state index in [1.165, 1.54) is 0 Å². The molecule has 0 saturated carbocycles. The molecule has 0 spiro atoms. The molecule has 162 valence electrons. The van der Waals surface area contributed by atoms with E-state index >= 15 is 0 Å². The highest BCUT2D eigenvalue weighted by Gasteiger charge is 2.37. The van der Waals surface area contributed by atoms with Crippen molar-refractivity contribution in [3.05, 3.63) is 77.0 Å². The van der Waals surface area contributed by atoms with Crippen LogP contribution in [0.5, 0.6) is 17.4 Å². The molecule has 0 atom stereocenters. The Morgan fingerprint density at radius 2 is 1.56 bits per heavy atom. The van der Waals surface area contributed by atoms with E-state index in [0.717, 1.165) is 51.3 Å². The summed E-state index contributed by atoms with van der Waals surface area (Å²) in [5, 5.41) is 7.80. The first kappa shape index (κ1) is 20.3. The maximum absolute atomic E-state index is 5.52. The third-order valence-electron chi connectivity index (χ3n) is 5.92. The van der Waals surface area contributed by atoms with E-state index in [1.54, 1.807) is 21.3 Å². The van der Waals surface area contributed by atoms with Crippen LogP contribution < -0.4 is 14.2 Å². The molecule has 1 aliphatic rings. The quantitative estimate of drug-likeness (QED) is 0.469. The monoisotopic (exact) mass is 446 g/mol. The highest BCUT2D eigenvalue weighted by Crippen LogP contribution is 2.45. The Kier molecular flexibility index (Phi) is 5.14. The lowest BCUT2D eigenvalue weighted by Crippen LogP contribution is -2.30. The highest BCUT2D eigenvalue weighted by molar-refractivity contribution is 6.99. The molecule has 8 heteroatoms. The van der Waals surface area contributed by atoms with E-state index in [4.69, 9.17) is 14.2 Å². The van der Waals surface area contributed by atoms with Crippen LogP contribution in [-0.2, 0) is 11.8 Å². The first-order chi connectivity index (χ1) is 15.7. The summed E-state index contributed by atoms with van der Waals surface area (Å²) >= 11 is 1.11. The molecule has 4 aromatic rings. The highest BCUT2D eigenvalue weighted by atomic mass is 32.1. The Morgan fingerprint density at radius 3 is 2.19 bits per heavy atom. The van der Waals surface area contributed by atoms with Gasteiger partial charge in [-0.3, -0.25) is 5.10 Å². The molecular formula is C24H22N4O3S. The normalized spacial score (nSPS) is 14.1. The van der Waals surface area contributed by atoms with Gasteiger partial charge < -0.3 is 14.2 Å². The SMILES string of the molecule is COc1cccc(C2(c3cccc(OC)c3)C=Cc3c(-c4nsnc4OC)n[nH]c3C2)c1. The van der Waals surface area contributed by atoms with Gasteiger partial charge in [0.15, 0.2) is 5.69 Å². The molecule has 5 rings (SSSR count). The van der Waals surface area contributed by atoms with Crippen molar-refractivity contribution in [3.63, 3.8) is 0 Å². The minimum Gasteiger partial charge on any atom is -0.497 e. The molecule has 0 amide bonds. The lowest BCUT2D eigenvalue weighted by atomic mass is 9.68. The van der Waals surface area contributed by atoms with Crippen LogP contribution in [0.15, 0.2) is 54.6 Å². The Labute approximate surface area is 190 Å². The minimum atomic E-state index is -0.426. The summed E-state index contributed by atoms with van der Waals surface area (Å²) in [5.74, 6) is 2.11. The van der Waals surface area contributed by atoms with Crippen molar-refractivity contribution in [2.45, 2.75) is 11.8 Å². The maximum Gasteiger partial charge on any atom is 0.255 e. The summed E-state index contributed by atoms with van der Waals surface area (Å²) in [5.41, 5.74) is 5.22. The van der Waals surface area contributed by atoms with E-state index < -0.39 is 5.41 Å². The van der Waals surface area contributed by atoms with Gasteiger partial charge in [0, 0.05) is 23.1 Å². The molecule has 2 heterocycles. The van der Waals surface area contributed by atoms with Crippen molar-refractivity contribution in [1.82, 2.24) is 18.9 Å². The van der Waals surface area contributed by atoms with Crippen LogP contribution in [0.25, 0.3) is 17.5 Å². The number of benzene rings is 2. The summed E-state index contributed by atoms with van der Waals surface area (Å²) in [6, 6.07) is 16.4. The average Bonchev–Trinajstić information content (AvgIpc) is 3.49. The predicted octanol–water partition coefficient (Wildman–Crippen LogP) is 4.51. The van der Waals surface area contributed by atoms with Crippen molar-refractivity contribution in [3.8, 4) is 28.8 Å². The fourth-order valence-corrected chi connectivity index (χ4v) is 4.79. The Bertz CT molecular complexity index is 1250. The van der Waals surface area contributed by atoms with E-state index in [1.807, 2.05) is 24.3 Å². The van der Waals surface area contributed by atoms with Crippen LogP contribution in [0.3, 0.4) is 0 Å². The number of ether oxygens (including phenoxy) is 3. The topological polar surface area (TPSA) is 82.2 Å². The molecule has 0 fully saturated rings. The van der Waals surface area contributed by atoms with Gasteiger partial charge >= 0.3 is 0 Å². The summed E-state index contributed by atoms with van der Waals surface area (Å²) in [4.78, 5) is 0. The average molecular weight is 447 g/mol. The molecule has 0 radical (unpaired) electrons. The molecule has 0 saturated heterocycles. The summed E-state index contributed by atoms with van der Waals surface area (Å²) in [7, 11) is 4.96. The smallest absolute Gasteiger partial charge is 0.255 e. The van der Waals surface area contributed by atoms with E-state index in [-0.39, 0.29) is 0 Å². The minimum absolute atomic E-state index is 0.426. The number of fused-ring (bicyclic) bond motifs is 1. The van der Waals surface area contributed by atoms with Crippen LogP contribution >= 0.6 is 11.7 Å². The van der Waals surface area contributed by atoms with E-state index in [2.05, 4.69) is 55.4 Å². The number of allylic oxidation sites excluding steroid dienone is 1. The summed E-state index contributed by atoms with van der Waals surface area (Å²) < 4.78 is 25.0. The zero-order chi connectivity index (χ0) is 22.1. The van der Waals surface area contributed by atoms with Crippen LogP contribution in [0.1, 0.15) is 22.4 Å².